The van der Waals surface area contributed by atoms with Gasteiger partial charge in [0.15, 0.2) is 0 Å². The lowest BCUT2D eigenvalue weighted by molar-refractivity contribution is 0.256. The van der Waals surface area contributed by atoms with E-state index in [4.69, 9.17) is 11.6 Å². The minimum absolute atomic E-state index is 0.0434. The molecular formula is C11H23ClN2O2S. The fourth-order valence-electron chi connectivity index (χ4n) is 2.09. The van der Waals surface area contributed by atoms with Crippen LogP contribution in [0.25, 0.3) is 0 Å². The van der Waals surface area contributed by atoms with Crippen LogP contribution in [0.4, 0.5) is 0 Å². The molecule has 0 atom stereocenters. The van der Waals surface area contributed by atoms with Gasteiger partial charge >= 0.3 is 0 Å². The molecule has 0 spiro atoms. The second-order valence-corrected chi connectivity index (χ2v) is 7.24. The molecule has 0 bridgehead atoms. The zero-order valence-corrected chi connectivity index (χ0v) is 12.5. The van der Waals surface area contributed by atoms with E-state index in [2.05, 4.69) is 6.92 Å². The van der Waals surface area contributed by atoms with Gasteiger partial charge in [-0.25, -0.2) is 0 Å². The predicted octanol–water partition coefficient (Wildman–Crippen LogP) is 1.91. The Morgan fingerprint density at radius 2 is 1.88 bits per heavy atom. The van der Waals surface area contributed by atoms with Crippen LogP contribution in [-0.2, 0) is 10.2 Å². The normalized spacial score (nSPS) is 20.4. The summed E-state index contributed by atoms with van der Waals surface area (Å²) in [6.07, 6.45) is 1.90. The zero-order valence-electron chi connectivity index (χ0n) is 10.9. The minimum Gasteiger partial charge on any atom is -0.195 e. The SMILES string of the molecule is CC1CCN(S(=O)(=O)N(CCCl)C(C)C)CC1. The number of halogens is 1. The molecule has 0 unspecified atom stereocenters. The highest BCUT2D eigenvalue weighted by atomic mass is 35.5. The van der Waals surface area contributed by atoms with E-state index < -0.39 is 10.2 Å². The van der Waals surface area contributed by atoms with Crippen LogP contribution in [0.15, 0.2) is 0 Å². The smallest absolute Gasteiger partial charge is 0.195 e. The van der Waals surface area contributed by atoms with E-state index in [0.717, 1.165) is 12.8 Å². The van der Waals surface area contributed by atoms with Crippen molar-refractivity contribution < 1.29 is 8.42 Å². The first-order valence-corrected chi connectivity index (χ1v) is 8.15. The van der Waals surface area contributed by atoms with Gasteiger partial charge in [0.05, 0.1) is 0 Å². The summed E-state index contributed by atoms with van der Waals surface area (Å²) in [6, 6.07) is -0.0434. The van der Waals surface area contributed by atoms with Crippen molar-refractivity contribution in [1.82, 2.24) is 8.61 Å². The number of alkyl halides is 1. The van der Waals surface area contributed by atoms with Crippen LogP contribution in [0.2, 0.25) is 0 Å². The monoisotopic (exact) mass is 282 g/mol. The van der Waals surface area contributed by atoms with E-state index in [1.807, 2.05) is 13.8 Å². The molecule has 102 valence electrons. The molecule has 0 aliphatic carbocycles. The van der Waals surface area contributed by atoms with Crippen LogP contribution < -0.4 is 0 Å². The standard InChI is InChI=1S/C11H23ClN2O2S/c1-10(2)14(9-6-12)17(15,16)13-7-4-11(3)5-8-13/h10-11H,4-9H2,1-3H3. The average Bonchev–Trinajstić information content (AvgIpc) is 2.25. The van der Waals surface area contributed by atoms with Crippen molar-refractivity contribution in [3.05, 3.63) is 0 Å². The predicted molar refractivity (Wildman–Crippen MR) is 71.5 cm³/mol. The van der Waals surface area contributed by atoms with Gasteiger partial charge in [-0.05, 0) is 32.6 Å². The molecule has 1 aliphatic heterocycles. The van der Waals surface area contributed by atoms with Gasteiger partial charge in [-0.3, -0.25) is 0 Å². The molecule has 0 N–H and O–H groups in total. The molecule has 1 aliphatic rings. The molecule has 0 radical (unpaired) electrons. The maximum atomic E-state index is 12.4. The Balaban J connectivity index is 2.77. The van der Waals surface area contributed by atoms with E-state index in [1.54, 1.807) is 4.31 Å². The van der Waals surface area contributed by atoms with Gasteiger partial charge in [0, 0.05) is 31.6 Å². The Kier molecular flexibility index (Phi) is 5.70. The van der Waals surface area contributed by atoms with Gasteiger partial charge in [0.2, 0.25) is 0 Å². The van der Waals surface area contributed by atoms with E-state index in [0.29, 0.717) is 31.4 Å². The first kappa shape index (κ1) is 15.2. The second kappa shape index (κ2) is 6.36. The number of rotatable bonds is 5. The minimum atomic E-state index is -3.33. The molecular weight excluding hydrogens is 260 g/mol. The van der Waals surface area contributed by atoms with Gasteiger partial charge in [-0.2, -0.15) is 17.0 Å². The Morgan fingerprint density at radius 3 is 2.29 bits per heavy atom. The van der Waals surface area contributed by atoms with Crippen LogP contribution in [0, 0.1) is 5.92 Å². The van der Waals surface area contributed by atoms with Crippen molar-refractivity contribution in [3.63, 3.8) is 0 Å². The van der Waals surface area contributed by atoms with Gasteiger partial charge < -0.3 is 0 Å². The highest BCUT2D eigenvalue weighted by molar-refractivity contribution is 7.86. The van der Waals surface area contributed by atoms with Gasteiger partial charge in [-0.15, -0.1) is 11.6 Å². The van der Waals surface area contributed by atoms with Crippen molar-refractivity contribution in [2.45, 2.75) is 39.7 Å². The Hall–Kier alpha value is 0.160. The number of piperidine rings is 1. The van der Waals surface area contributed by atoms with Crippen molar-refractivity contribution in [2.75, 3.05) is 25.5 Å². The molecule has 4 nitrogen and oxygen atoms in total. The van der Waals surface area contributed by atoms with E-state index >= 15 is 0 Å². The van der Waals surface area contributed by atoms with Crippen LogP contribution in [0.1, 0.15) is 33.6 Å². The zero-order chi connectivity index (χ0) is 13.1. The van der Waals surface area contributed by atoms with E-state index in [9.17, 15) is 8.42 Å². The summed E-state index contributed by atoms with van der Waals surface area (Å²) in [5.41, 5.74) is 0. The quantitative estimate of drug-likeness (QED) is 0.723. The largest absolute Gasteiger partial charge is 0.282 e. The molecule has 0 aromatic heterocycles. The Labute approximate surface area is 110 Å². The first-order valence-electron chi connectivity index (χ1n) is 6.22. The lowest BCUT2D eigenvalue weighted by Crippen LogP contribution is -2.49. The Bertz CT molecular complexity index is 324. The van der Waals surface area contributed by atoms with Gasteiger partial charge in [0.1, 0.15) is 0 Å². The van der Waals surface area contributed by atoms with Crippen LogP contribution in [-0.4, -0.2) is 48.6 Å². The summed E-state index contributed by atoms with van der Waals surface area (Å²) in [6.45, 7) is 7.59. The summed E-state index contributed by atoms with van der Waals surface area (Å²) in [4.78, 5) is 0. The lowest BCUT2D eigenvalue weighted by Gasteiger charge is -2.35. The number of hydrogen-bond donors (Lipinski definition) is 0. The molecule has 1 heterocycles. The molecule has 1 rings (SSSR count). The second-order valence-electron chi connectivity index (χ2n) is 4.98. The molecule has 0 aromatic carbocycles. The molecule has 0 aromatic rings. The molecule has 1 fully saturated rings. The van der Waals surface area contributed by atoms with Crippen molar-refractivity contribution in [1.29, 1.82) is 0 Å². The molecule has 6 heteroatoms. The summed E-state index contributed by atoms with van der Waals surface area (Å²) in [5, 5.41) is 0. The van der Waals surface area contributed by atoms with Crippen molar-refractivity contribution in [3.8, 4) is 0 Å². The van der Waals surface area contributed by atoms with E-state index in [1.165, 1.54) is 4.31 Å². The first-order chi connectivity index (χ1) is 7.89. The molecule has 17 heavy (non-hydrogen) atoms. The summed E-state index contributed by atoms with van der Waals surface area (Å²) in [7, 11) is -3.33. The van der Waals surface area contributed by atoms with Crippen LogP contribution in [0.5, 0.6) is 0 Å². The van der Waals surface area contributed by atoms with Crippen LogP contribution >= 0.6 is 11.6 Å². The number of nitrogens with zero attached hydrogens (tertiary/aromatic N) is 2. The highest BCUT2D eigenvalue weighted by Gasteiger charge is 2.33. The highest BCUT2D eigenvalue weighted by Crippen LogP contribution is 2.21. The third kappa shape index (κ3) is 3.81. The van der Waals surface area contributed by atoms with Gasteiger partial charge in [0.25, 0.3) is 10.2 Å². The number of hydrogen-bond acceptors (Lipinski definition) is 2. The van der Waals surface area contributed by atoms with Crippen molar-refractivity contribution in [2.24, 2.45) is 5.92 Å². The summed E-state index contributed by atoms with van der Waals surface area (Å²) < 4.78 is 27.9. The maximum absolute atomic E-state index is 12.4. The third-order valence-corrected chi connectivity index (χ3v) is 5.63. The fraction of sp³-hybridized carbons (Fsp3) is 1.00. The molecule has 1 saturated heterocycles. The van der Waals surface area contributed by atoms with Gasteiger partial charge in [-0.1, -0.05) is 6.92 Å². The third-order valence-electron chi connectivity index (χ3n) is 3.25. The molecule has 0 saturated carbocycles. The van der Waals surface area contributed by atoms with Crippen molar-refractivity contribution >= 4 is 21.8 Å². The summed E-state index contributed by atoms with van der Waals surface area (Å²) >= 11 is 5.68. The lowest BCUT2D eigenvalue weighted by atomic mass is 10.0. The summed E-state index contributed by atoms with van der Waals surface area (Å²) in [5.74, 6) is 0.962. The maximum Gasteiger partial charge on any atom is 0.282 e. The van der Waals surface area contributed by atoms with Crippen LogP contribution in [0.3, 0.4) is 0 Å². The molecule has 0 amide bonds. The van der Waals surface area contributed by atoms with E-state index in [-0.39, 0.29) is 6.04 Å². The fourth-order valence-corrected chi connectivity index (χ4v) is 4.19. The Morgan fingerprint density at radius 1 is 1.35 bits per heavy atom. The topological polar surface area (TPSA) is 40.6 Å². The average molecular weight is 283 g/mol.